The van der Waals surface area contributed by atoms with Gasteiger partial charge in [-0.15, -0.1) is 0 Å². The Morgan fingerprint density at radius 2 is 2.20 bits per heavy atom. The molecule has 4 nitrogen and oxygen atoms in total. The van der Waals surface area contributed by atoms with Crippen molar-refractivity contribution in [1.29, 1.82) is 0 Å². The third-order valence-corrected chi connectivity index (χ3v) is 4.04. The normalized spacial score (nSPS) is 15.9. The Labute approximate surface area is 119 Å². The zero-order valence-corrected chi connectivity index (χ0v) is 10.6. The zero-order valence-electron chi connectivity index (χ0n) is 13.6. The molecular weight excluding hydrogens is 248 g/mol. The van der Waals surface area contributed by atoms with Crippen LogP contribution in [0.2, 0.25) is 0 Å². The zero-order chi connectivity index (χ0) is 15.8. The minimum Gasteiger partial charge on any atom is -0.253 e. The van der Waals surface area contributed by atoms with Crippen LogP contribution in [-0.2, 0) is 13.5 Å². The van der Waals surface area contributed by atoms with Crippen molar-refractivity contribution < 1.29 is 8.68 Å². The Balaban J connectivity index is 1.97. The molecule has 1 aliphatic rings. The molecule has 0 spiro atoms. The molecule has 1 aromatic carbocycles. The van der Waals surface area contributed by atoms with E-state index >= 15 is 0 Å². The lowest BCUT2D eigenvalue weighted by Crippen LogP contribution is -2.29. The average molecular weight is 264 g/mol. The second-order valence-corrected chi connectivity index (χ2v) is 5.11. The maximum absolute atomic E-state index is 7.97. The third-order valence-electron chi connectivity index (χ3n) is 4.04. The molecular formula is C16H13N4+. The van der Waals surface area contributed by atoms with Crippen molar-refractivity contribution in [2.75, 3.05) is 0 Å². The number of pyridine rings is 1. The van der Waals surface area contributed by atoms with Crippen LogP contribution < -0.4 is 4.57 Å². The number of rotatable bonds is 0. The molecule has 96 valence electrons. The number of aromatic nitrogens is 4. The van der Waals surface area contributed by atoms with E-state index in [1.807, 2.05) is 51.6 Å². The van der Waals surface area contributed by atoms with Crippen LogP contribution in [0.1, 0.15) is 9.68 Å². The van der Waals surface area contributed by atoms with Crippen molar-refractivity contribution >= 4 is 16.8 Å². The van der Waals surface area contributed by atoms with Gasteiger partial charge in [-0.25, -0.2) is 9.13 Å². The van der Waals surface area contributed by atoms with Gasteiger partial charge >= 0.3 is 5.78 Å². The highest BCUT2D eigenvalue weighted by Gasteiger charge is 2.31. The lowest BCUT2D eigenvalue weighted by Gasteiger charge is -1.93. The van der Waals surface area contributed by atoms with Gasteiger partial charge in [-0.05, 0) is 18.2 Å². The smallest absolute Gasteiger partial charge is 0.253 e. The van der Waals surface area contributed by atoms with E-state index in [4.69, 9.17) is 4.11 Å². The predicted octanol–water partition coefficient (Wildman–Crippen LogP) is 2.14. The molecule has 4 heterocycles. The fraction of sp³-hybridized carbons (Fsp3) is 0.125. The van der Waals surface area contributed by atoms with Crippen LogP contribution in [0.3, 0.4) is 0 Å². The number of benzene rings is 1. The molecule has 4 aromatic rings. The van der Waals surface area contributed by atoms with E-state index in [9.17, 15) is 0 Å². The fourth-order valence-electron chi connectivity index (χ4n) is 3.17. The summed E-state index contributed by atoms with van der Waals surface area (Å²) in [4.78, 5) is 4.46. The van der Waals surface area contributed by atoms with Crippen molar-refractivity contribution in [1.82, 2.24) is 14.0 Å². The highest BCUT2D eigenvalue weighted by molar-refractivity contribution is 5.78. The SMILES string of the molecule is [2H]C([2H])([2H])[n+]1c2ccccc2n2cc3n(c21)Cc1cccnc1-3. The fourth-order valence-corrected chi connectivity index (χ4v) is 3.17. The summed E-state index contributed by atoms with van der Waals surface area (Å²) in [5, 5.41) is 0. The minimum atomic E-state index is -2.24. The maximum Gasteiger partial charge on any atom is 0.370 e. The molecule has 0 aliphatic carbocycles. The van der Waals surface area contributed by atoms with E-state index in [1.54, 1.807) is 6.20 Å². The summed E-state index contributed by atoms with van der Waals surface area (Å²) in [6.45, 7) is -1.60. The van der Waals surface area contributed by atoms with Gasteiger partial charge in [-0.1, -0.05) is 18.2 Å². The number of hydrogen-bond donors (Lipinski definition) is 0. The summed E-state index contributed by atoms with van der Waals surface area (Å²) in [6.07, 6.45) is 3.76. The third kappa shape index (κ3) is 1.04. The number of nitrogens with zero attached hydrogens (tertiary/aromatic N) is 4. The van der Waals surface area contributed by atoms with Crippen LogP contribution in [0.25, 0.3) is 28.2 Å². The Bertz CT molecular complexity index is 1090. The Morgan fingerprint density at radius 1 is 1.25 bits per heavy atom. The first-order valence-corrected chi connectivity index (χ1v) is 6.55. The Hall–Kier alpha value is -2.62. The van der Waals surface area contributed by atoms with Gasteiger partial charge in [0.05, 0.1) is 17.6 Å². The Kier molecular flexibility index (Phi) is 1.29. The van der Waals surface area contributed by atoms with E-state index in [0.717, 1.165) is 22.5 Å². The van der Waals surface area contributed by atoms with Gasteiger partial charge in [-0.3, -0.25) is 4.98 Å². The quantitative estimate of drug-likeness (QED) is 0.394. The number of imidazole rings is 2. The molecule has 0 amide bonds. The van der Waals surface area contributed by atoms with Gasteiger partial charge in [-0.2, -0.15) is 4.40 Å². The molecule has 0 N–H and O–H groups in total. The van der Waals surface area contributed by atoms with Crippen LogP contribution in [-0.4, -0.2) is 14.0 Å². The van der Waals surface area contributed by atoms with Crippen LogP contribution in [0, 0.1) is 0 Å². The van der Waals surface area contributed by atoms with Crippen molar-refractivity contribution in [2.24, 2.45) is 6.98 Å². The number of aryl methyl sites for hydroxylation is 1. The highest BCUT2D eigenvalue weighted by atomic mass is 15.3. The average Bonchev–Trinajstić information content (AvgIpc) is 3.13. The minimum absolute atomic E-state index is 0.640. The molecule has 1 aliphatic heterocycles. The van der Waals surface area contributed by atoms with Gasteiger partial charge in [0.25, 0.3) is 0 Å². The van der Waals surface area contributed by atoms with E-state index in [-0.39, 0.29) is 0 Å². The lowest BCUT2D eigenvalue weighted by molar-refractivity contribution is -0.621. The molecule has 0 atom stereocenters. The summed E-state index contributed by atoms with van der Waals surface area (Å²) in [6, 6.07) is 11.5. The molecule has 5 rings (SSSR count). The van der Waals surface area contributed by atoms with Gasteiger partial charge in [0, 0.05) is 11.8 Å². The molecule has 3 aromatic heterocycles. The van der Waals surface area contributed by atoms with Crippen LogP contribution >= 0.6 is 0 Å². The summed E-state index contributed by atoms with van der Waals surface area (Å²) in [5.41, 5.74) is 4.60. The van der Waals surface area contributed by atoms with Crippen LogP contribution in [0.4, 0.5) is 0 Å². The first-order chi connectivity index (χ1) is 11.1. The molecule has 20 heavy (non-hydrogen) atoms. The van der Waals surface area contributed by atoms with E-state index in [2.05, 4.69) is 4.98 Å². The standard InChI is InChI=1S/C16H13N4/c1-18-12-6-2-3-7-13(12)20-10-14-15-11(5-4-8-17-15)9-19(14)16(18)20/h2-8,10H,9H2,1H3/q+1/i1D3. The highest BCUT2D eigenvalue weighted by Crippen LogP contribution is 2.32. The van der Waals surface area contributed by atoms with Gasteiger partial charge in [0.15, 0.2) is 5.69 Å². The number of hydrogen-bond acceptors (Lipinski definition) is 1. The molecule has 0 saturated carbocycles. The van der Waals surface area contributed by atoms with Crippen LogP contribution in [0.15, 0.2) is 48.8 Å². The van der Waals surface area contributed by atoms with Crippen molar-refractivity contribution in [3.8, 4) is 11.4 Å². The van der Waals surface area contributed by atoms with Gasteiger partial charge in [0.1, 0.15) is 22.9 Å². The second kappa shape index (κ2) is 3.28. The van der Waals surface area contributed by atoms with Crippen molar-refractivity contribution in [3.05, 3.63) is 54.4 Å². The number of fused-ring (bicyclic) bond motifs is 7. The molecule has 0 fully saturated rings. The van der Waals surface area contributed by atoms with Gasteiger partial charge < -0.3 is 0 Å². The summed E-state index contributed by atoms with van der Waals surface area (Å²) < 4.78 is 29.3. The summed E-state index contributed by atoms with van der Waals surface area (Å²) >= 11 is 0. The lowest BCUT2D eigenvalue weighted by atomic mass is 10.2. The van der Waals surface area contributed by atoms with E-state index in [0.29, 0.717) is 17.8 Å². The Morgan fingerprint density at radius 3 is 3.15 bits per heavy atom. The topological polar surface area (TPSA) is 26.1 Å². The molecule has 0 bridgehead atoms. The molecule has 0 saturated heterocycles. The summed E-state index contributed by atoms with van der Waals surface area (Å²) in [7, 11) is 0. The maximum atomic E-state index is 7.97. The number of para-hydroxylation sites is 2. The largest absolute Gasteiger partial charge is 0.370 e. The van der Waals surface area contributed by atoms with Crippen molar-refractivity contribution in [3.63, 3.8) is 0 Å². The van der Waals surface area contributed by atoms with E-state index in [1.165, 1.54) is 4.57 Å². The molecule has 4 heteroatoms. The van der Waals surface area contributed by atoms with Crippen molar-refractivity contribution in [2.45, 2.75) is 6.54 Å². The predicted molar refractivity (Wildman–Crippen MR) is 76.4 cm³/mol. The second-order valence-electron chi connectivity index (χ2n) is 5.11. The van der Waals surface area contributed by atoms with Crippen LogP contribution in [0.5, 0.6) is 0 Å². The first-order valence-electron chi connectivity index (χ1n) is 8.05. The van der Waals surface area contributed by atoms with Gasteiger partial charge in [0.2, 0.25) is 0 Å². The monoisotopic (exact) mass is 264 g/mol. The molecule has 0 unspecified atom stereocenters. The van der Waals surface area contributed by atoms with E-state index < -0.39 is 6.98 Å². The molecule has 0 radical (unpaired) electrons. The summed E-state index contributed by atoms with van der Waals surface area (Å²) in [5.74, 6) is 0.666. The first kappa shape index (κ1) is 7.85.